The zero-order chi connectivity index (χ0) is 19.2. The number of halogens is 1. The summed E-state index contributed by atoms with van der Waals surface area (Å²) >= 11 is 3.47. The average molecular weight is 436 g/mol. The van der Waals surface area contributed by atoms with E-state index in [0.29, 0.717) is 24.4 Å². The fourth-order valence-corrected chi connectivity index (χ4v) is 4.06. The standard InChI is InChI=1S/C20H26BrN3O3/c1-2-27-19(25)17-16(13-24-10-5-3-4-6-11-24)22-20(26)23-18(17)14-8-7-9-15(21)12-14/h7-9,12,18H,2-6,10-11,13H2,1H3,(H2,22,23,26)/t18-/m1/s1. The van der Waals surface area contributed by atoms with Crippen molar-refractivity contribution >= 4 is 27.9 Å². The number of benzene rings is 1. The number of ether oxygens (including phenoxy) is 1. The summed E-state index contributed by atoms with van der Waals surface area (Å²) in [6.45, 7) is 4.58. The maximum absolute atomic E-state index is 12.8. The van der Waals surface area contributed by atoms with Gasteiger partial charge in [-0.3, -0.25) is 4.90 Å². The molecule has 6 nitrogen and oxygen atoms in total. The topological polar surface area (TPSA) is 70.7 Å². The zero-order valence-corrected chi connectivity index (χ0v) is 17.2. The van der Waals surface area contributed by atoms with Gasteiger partial charge in [0.15, 0.2) is 0 Å². The number of hydrogen-bond acceptors (Lipinski definition) is 4. The van der Waals surface area contributed by atoms with E-state index in [1.807, 2.05) is 24.3 Å². The Balaban J connectivity index is 1.97. The molecule has 0 aromatic heterocycles. The molecule has 1 saturated heterocycles. The third-order valence-corrected chi connectivity index (χ3v) is 5.40. The van der Waals surface area contributed by atoms with Crippen LogP contribution in [0.2, 0.25) is 0 Å². The summed E-state index contributed by atoms with van der Waals surface area (Å²) in [5.74, 6) is -0.389. The summed E-state index contributed by atoms with van der Waals surface area (Å²) in [6, 6.07) is 6.81. The molecule has 146 valence electrons. The van der Waals surface area contributed by atoms with Crippen molar-refractivity contribution < 1.29 is 14.3 Å². The van der Waals surface area contributed by atoms with Crippen molar-refractivity contribution in [2.75, 3.05) is 26.2 Å². The Bertz CT molecular complexity index is 727. The van der Waals surface area contributed by atoms with Crippen LogP contribution in [0.3, 0.4) is 0 Å². The molecule has 7 heteroatoms. The number of likely N-dealkylation sites (tertiary alicyclic amines) is 1. The first kappa shape index (κ1) is 19.9. The predicted octanol–water partition coefficient (Wildman–Crippen LogP) is 3.50. The molecule has 0 aliphatic carbocycles. The molecule has 3 rings (SSSR count). The van der Waals surface area contributed by atoms with Crippen molar-refractivity contribution in [1.29, 1.82) is 0 Å². The highest BCUT2D eigenvalue weighted by Crippen LogP contribution is 2.30. The molecule has 1 aromatic rings. The molecule has 0 spiro atoms. The van der Waals surface area contributed by atoms with Gasteiger partial charge in [0, 0.05) is 16.7 Å². The number of amides is 2. The van der Waals surface area contributed by atoms with E-state index in [1.54, 1.807) is 6.92 Å². The first-order valence-electron chi connectivity index (χ1n) is 9.54. The van der Waals surface area contributed by atoms with Gasteiger partial charge in [0.1, 0.15) is 0 Å². The molecule has 2 aliphatic heterocycles. The highest BCUT2D eigenvalue weighted by molar-refractivity contribution is 9.10. The lowest BCUT2D eigenvalue weighted by molar-refractivity contribution is -0.139. The molecule has 27 heavy (non-hydrogen) atoms. The smallest absolute Gasteiger partial charge is 0.338 e. The van der Waals surface area contributed by atoms with Crippen LogP contribution in [0, 0.1) is 0 Å². The summed E-state index contributed by atoms with van der Waals surface area (Å²) < 4.78 is 6.22. The highest BCUT2D eigenvalue weighted by Gasteiger charge is 2.34. The minimum absolute atomic E-state index is 0.290. The van der Waals surface area contributed by atoms with Crippen LogP contribution >= 0.6 is 15.9 Å². The van der Waals surface area contributed by atoms with Gasteiger partial charge in [-0.2, -0.15) is 0 Å². The van der Waals surface area contributed by atoms with E-state index in [-0.39, 0.29) is 12.0 Å². The van der Waals surface area contributed by atoms with E-state index in [9.17, 15) is 9.59 Å². The lowest BCUT2D eigenvalue weighted by atomic mass is 9.95. The predicted molar refractivity (Wildman–Crippen MR) is 107 cm³/mol. The van der Waals surface area contributed by atoms with Crippen molar-refractivity contribution in [3.05, 3.63) is 45.6 Å². The van der Waals surface area contributed by atoms with Gasteiger partial charge in [0.2, 0.25) is 0 Å². The van der Waals surface area contributed by atoms with Gasteiger partial charge in [-0.1, -0.05) is 40.9 Å². The maximum Gasteiger partial charge on any atom is 0.338 e. The number of urea groups is 1. The summed E-state index contributed by atoms with van der Waals surface area (Å²) in [6.07, 6.45) is 4.75. The summed E-state index contributed by atoms with van der Waals surface area (Å²) in [5, 5.41) is 5.74. The van der Waals surface area contributed by atoms with E-state index >= 15 is 0 Å². The molecule has 1 atom stereocenters. The van der Waals surface area contributed by atoms with E-state index < -0.39 is 6.04 Å². The van der Waals surface area contributed by atoms with E-state index in [4.69, 9.17) is 4.74 Å². The molecule has 0 saturated carbocycles. The van der Waals surface area contributed by atoms with Crippen molar-refractivity contribution in [3.8, 4) is 0 Å². The van der Waals surface area contributed by atoms with Gasteiger partial charge < -0.3 is 15.4 Å². The monoisotopic (exact) mass is 435 g/mol. The third kappa shape index (κ3) is 5.11. The summed E-state index contributed by atoms with van der Waals surface area (Å²) in [4.78, 5) is 27.4. The van der Waals surface area contributed by atoms with Crippen LogP contribution in [0.5, 0.6) is 0 Å². The number of hydrogen-bond donors (Lipinski definition) is 2. The zero-order valence-electron chi connectivity index (χ0n) is 15.6. The Hall–Kier alpha value is -1.86. The van der Waals surface area contributed by atoms with Crippen molar-refractivity contribution in [1.82, 2.24) is 15.5 Å². The second-order valence-electron chi connectivity index (χ2n) is 6.89. The van der Waals surface area contributed by atoms with Crippen LogP contribution in [0.1, 0.15) is 44.2 Å². The molecule has 0 radical (unpaired) electrons. The van der Waals surface area contributed by atoms with Gasteiger partial charge in [0.25, 0.3) is 0 Å². The lowest BCUT2D eigenvalue weighted by Crippen LogP contribution is -2.48. The number of nitrogens with zero attached hydrogens (tertiary/aromatic N) is 1. The van der Waals surface area contributed by atoms with Gasteiger partial charge in [-0.05, 0) is 50.6 Å². The third-order valence-electron chi connectivity index (χ3n) is 4.91. The van der Waals surface area contributed by atoms with Crippen LogP contribution in [0.4, 0.5) is 4.79 Å². The lowest BCUT2D eigenvalue weighted by Gasteiger charge is -2.32. The Morgan fingerprint density at radius 2 is 2.00 bits per heavy atom. The molecule has 0 unspecified atom stereocenters. The van der Waals surface area contributed by atoms with Crippen molar-refractivity contribution in [2.24, 2.45) is 0 Å². The number of esters is 1. The Kier molecular flexibility index (Phi) is 6.90. The first-order valence-corrected chi connectivity index (χ1v) is 10.3. The van der Waals surface area contributed by atoms with Gasteiger partial charge >= 0.3 is 12.0 Å². The Labute approximate surface area is 168 Å². The van der Waals surface area contributed by atoms with E-state index in [1.165, 1.54) is 12.8 Å². The fourth-order valence-electron chi connectivity index (χ4n) is 3.65. The van der Waals surface area contributed by atoms with Crippen molar-refractivity contribution in [3.63, 3.8) is 0 Å². The van der Waals surface area contributed by atoms with Crippen LogP contribution in [0.15, 0.2) is 40.0 Å². The molecule has 2 aliphatic rings. The van der Waals surface area contributed by atoms with Gasteiger partial charge in [-0.15, -0.1) is 0 Å². The van der Waals surface area contributed by atoms with Crippen LogP contribution in [-0.2, 0) is 9.53 Å². The van der Waals surface area contributed by atoms with Gasteiger partial charge in [0.05, 0.1) is 18.2 Å². The molecule has 2 N–H and O–H groups in total. The molecular weight excluding hydrogens is 410 g/mol. The second kappa shape index (κ2) is 9.37. The van der Waals surface area contributed by atoms with Crippen molar-refractivity contribution in [2.45, 2.75) is 38.6 Å². The normalized spacial score (nSPS) is 21.3. The number of carbonyl (C=O) groups excluding carboxylic acids is 2. The van der Waals surface area contributed by atoms with Crippen LogP contribution in [-0.4, -0.2) is 43.1 Å². The molecule has 1 aromatic carbocycles. The SMILES string of the molecule is CCOC(=O)C1=C(CN2CCCCCC2)NC(=O)N[C@@H]1c1cccc(Br)c1. The van der Waals surface area contributed by atoms with Crippen LogP contribution in [0.25, 0.3) is 0 Å². The summed E-state index contributed by atoms with van der Waals surface area (Å²) in [5.41, 5.74) is 1.97. The van der Waals surface area contributed by atoms with E-state index in [2.05, 4.69) is 31.5 Å². The Morgan fingerprint density at radius 3 is 2.67 bits per heavy atom. The average Bonchev–Trinajstić information content (AvgIpc) is 2.90. The fraction of sp³-hybridized carbons (Fsp3) is 0.500. The minimum atomic E-state index is -0.530. The van der Waals surface area contributed by atoms with Crippen LogP contribution < -0.4 is 10.6 Å². The largest absolute Gasteiger partial charge is 0.463 e. The quantitative estimate of drug-likeness (QED) is 0.694. The first-order chi connectivity index (χ1) is 13.1. The maximum atomic E-state index is 12.8. The minimum Gasteiger partial charge on any atom is -0.463 e. The molecule has 2 amide bonds. The number of nitrogens with one attached hydrogen (secondary N) is 2. The molecule has 1 fully saturated rings. The van der Waals surface area contributed by atoms with Gasteiger partial charge in [-0.25, -0.2) is 9.59 Å². The number of rotatable bonds is 5. The second-order valence-corrected chi connectivity index (χ2v) is 7.81. The number of carbonyl (C=O) groups is 2. The highest BCUT2D eigenvalue weighted by atomic mass is 79.9. The summed E-state index contributed by atoms with van der Waals surface area (Å²) in [7, 11) is 0. The van der Waals surface area contributed by atoms with E-state index in [0.717, 1.165) is 36.0 Å². The molecule has 2 heterocycles. The molecular formula is C20H26BrN3O3. The molecule has 0 bridgehead atoms. The Morgan fingerprint density at radius 1 is 1.26 bits per heavy atom.